The topological polar surface area (TPSA) is 52.7 Å². The van der Waals surface area contributed by atoms with Crippen LogP contribution in [0.2, 0.25) is 0 Å². The number of nitrogens with zero attached hydrogens (tertiary/aromatic N) is 4. The van der Waals surface area contributed by atoms with Gasteiger partial charge in [-0.05, 0) is 5.92 Å². The Bertz CT molecular complexity index is 660. The molecule has 0 amide bonds. The number of hydrogen-bond donors (Lipinski definition) is 0. The Morgan fingerprint density at radius 1 is 1.30 bits per heavy atom. The molecular formula is C13H18F2N4O. The van der Waals surface area contributed by atoms with E-state index in [4.69, 9.17) is 0 Å². The Hall–Kier alpha value is -1.79. The van der Waals surface area contributed by atoms with Crippen molar-refractivity contribution in [3.05, 3.63) is 22.4 Å². The number of alkyl halides is 2. The minimum absolute atomic E-state index is 0.207. The zero-order chi connectivity index (χ0) is 14.9. The molecule has 0 radical (unpaired) electrons. The number of rotatable bonds is 5. The maximum Gasteiger partial charge on any atom is 0.264 e. The van der Waals surface area contributed by atoms with Crippen molar-refractivity contribution in [3.63, 3.8) is 0 Å². The molecule has 2 heterocycles. The molecule has 0 aliphatic heterocycles. The molecule has 0 N–H and O–H groups in total. The maximum absolute atomic E-state index is 12.5. The van der Waals surface area contributed by atoms with Crippen LogP contribution in [0.4, 0.5) is 8.78 Å². The molecule has 0 aliphatic carbocycles. The van der Waals surface area contributed by atoms with E-state index < -0.39 is 13.0 Å². The molecule has 0 unspecified atom stereocenters. The van der Waals surface area contributed by atoms with Crippen LogP contribution in [0.25, 0.3) is 11.0 Å². The van der Waals surface area contributed by atoms with E-state index in [1.165, 1.54) is 6.20 Å². The summed E-state index contributed by atoms with van der Waals surface area (Å²) in [4.78, 5) is 16.8. The van der Waals surface area contributed by atoms with Crippen molar-refractivity contribution >= 4 is 11.0 Å². The van der Waals surface area contributed by atoms with Crippen molar-refractivity contribution in [1.82, 2.24) is 19.3 Å². The third-order valence-corrected chi connectivity index (χ3v) is 3.01. The predicted octanol–water partition coefficient (Wildman–Crippen LogP) is 2.08. The molecule has 20 heavy (non-hydrogen) atoms. The van der Waals surface area contributed by atoms with Crippen molar-refractivity contribution in [1.29, 1.82) is 0 Å². The van der Waals surface area contributed by atoms with Crippen LogP contribution in [0, 0.1) is 5.92 Å². The van der Waals surface area contributed by atoms with Gasteiger partial charge in [-0.3, -0.25) is 9.36 Å². The summed E-state index contributed by atoms with van der Waals surface area (Å²) in [5, 5.41) is 4.15. The first-order valence-corrected chi connectivity index (χ1v) is 6.67. The summed E-state index contributed by atoms with van der Waals surface area (Å²) in [7, 11) is 0. The molecular weight excluding hydrogens is 266 g/mol. The second-order valence-corrected chi connectivity index (χ2v) is 5.15. The van der Waals surface area contributed by atoms with Crippen molar-refractivity contribution < 1.29 is 8.78 Å². The fraction of sp³-hybridized carbons (Fsp3) is 0.615. The smallest absolute Gasteiger partial charge is 0.264 e. The number of hydrogen-bond acceptors (Lipinski definition) is 3. The molecule has 0 bridgehead atoms. The molecule has 0 aliphatic rings. The standard InChI is InChI=1S/C13H18F2N4O/c1-4-11-17-12-9(5-16-19(12)7-10(14)15)13(20)18(11)6-8(2)3/h5,8,10H,4,6-7H2,1-3H3. The summed E-state index contributed by atoms with van der Waals surface area (Å²) in [6, 6.07) is 0. The van der Waals surface area contributed by atoms with Gasteiger partial charge in [0, 0.05) is 13.0 Å². The molecule has 2 aromatic rings. The molecule has 5 nitrogen and oxygen atoms in total. The summed E-state index contributed by atoms with van der Waals surface area (Å²) in [5.74, 6) is 0.903. The normalized spacial score (nSPS) is 11.9. The summed E-state index contributed by atoms with van der Waals surface area (Å²) < 4.78 is 27.7. The first-order valence-electron chi connectivity index (χ1n) is 6.67. The van der Waals surface area contributed by atoms with E-state index in [0.717, 1.165) is 4.68 Å². The number of halogens is 2. The zero-order valence-corrected chi connectivity index (χ0v) is 11.8. The number of aryl methyl sites for hydroxylation is 1. The molecule has 0 atom stereocenters. The average Bonchev–Trinajstić information content (AvgIpc) is 2.74. The lowest BCUT2D eigenvalue weighted by molar-refractivity contribution is 0.123. The zero-order valence-electron chi connectivity index (χ0n) is 11.8. The first-order chi connectivity index (χ1) is 9.43. The van der Waals surface area contributed by atoms with Gasteiger partial charge >= 0.3 is 0 Å². The van der Waals surface area contributed by atoms with E-state index in [1.807, 2.05) is 20.8 Å². The first kappa shape index (κ1) is 14.6. The van der Waals surface area contributed by atoms with Crippen LogP contribution in [0.1, 0.15) is 26.6 Å². The van der Waals surface area contributed by atoms with Gasteiger partial charge in [0.25, 0.3) is 12.0 Å². The summed E-state index contributed by atoms with van der Waals surface area (Å²) in [5.41, 5.74) is 0.0354. The van der Waals surface area contributed by atoms with Gasteiger partial charge in [0.2, 0.25) is 0 Å². The molecule has 7 heteroatoms. The molecule has 110 valence electrons. The van der Waals surface area contributed by atoms with Crippen LogP contribution in [-0.2, 0) is 19.5 Å². The van der Waals surface area contributed by atoms with E-state index >= 15 is 0 Å². The fourth-order valence-corrected chi connectivity index (χ4v) is 2.18. The van der Waals surface area contributed by atoms with E-state index in [1.54, 1.807) is 4.57 Å². The predicted molar refractivity (Wildman–Crippen MR) is 72.0 cm³/mol. The maximum atomic E-state index is 12.5. The number of aromatic nitrogens is 4. The number of fused-ring (bicyclic) bond motifs is 1. The Balaban J connectivity index is 2.62. The van der Waals surface area contributed by atoms with E-state index in [9.17, 15) is 13.6 Å². The van der Waals surface area contributed by atoms with Gasteiger partial charge in [-0.1, -0.05) is 20.8 Å². The highest BCUT2D eigenvalue weighted by atomic mass is 19.3. The lowest BCUT2D eigenvalue weighted by Crippen LogP contribution is -2.27. The van der Waals surface area contributed by atoms with Crippen molar-refractivity contribution in [2.24, 2.45) is 5.92 Å². The average molecular weight is 284 g/mol. The van der Waals surface area contributed by atoms with Gasteiger partial charge in [0.1, 0.15) is 17.8 Å². The monoisotopic (exact) mass is 284 g/mol. The Morgan fingerprint density at radius 2 is 2.00 bits per heavy atom. The lowest BCUT2D eigenvalue weighted by Gasteiger charge is -2.13. The Labute approximate surface area is 115 Å². The van der Waals surface area contributed by atoms with Crippen molar-refractivity contribution in [2.75, 3.05) is 0 Å². The third-order valence-electron chi connectivity index (χ3n) is 3.01. The highest BCUT2D eigenvalue weighted by Gasteiger charge is 2.16. The summed E-state index contributed by atoms with van der Waals surface area (Å²) >= 11 is 0. The largest absolute Gasteiger partial charge is 0.296 e. The SMILES string of the molecule is CCc1nc2c(cnn2CC(F)F)c(=O)n1CC(C)C. The minimum atomic E-state index is -2.52. The molecule has 2 aromatic heterocycles. The molecule has 0 saturated heterocycles. The Kier molecular flexibility index (Phi) is 4.15. The highest BCUT2D eigenvalue weighted by Crippen LogP contribution is 2.11. The van der Waals surface area contributed by atoms with Gasteiger partial charge in [-0.25, -0.2) is 18.4 Å². The molecule has 0 fully saturated rings. The van der Waals surface area contributed by atoms with Gasteiger partial charge in [-0.2, -0.15) is 5.10 Å². The second kappa shape index (κ2) is 5.68. The minimum Gasteiger partial charge on any atom is -0.296 e. The Morgan fingerprint density at radius 3 is 2.55 bits per heavy atom. The van der Waals surface area contributed by atoms with E-state index in [-0.39, 0.29) is 11.2 Å². The summed E-state index contributed by atoms with van der Waals surface area (Å²) in [6.45, 7) is 5.92. The molecule has 0 aromatic carbocycles. The van der Waals surface area contributed by atoms with Crippen LogP contribution in [0.15, 0.2) is 11.0 Å². The highest BCUT2D eigenvalue weighted by molar-refractivity contribution is 5.73. The van der Waals surface area contributed by atoms with E-state index in [0.29, 0.717) is 30.1 Å². The van der Waals surface area contributed by atoms with Crippen LogP contribution >= 0.6 is 0 Å². The van der Waals surface area contributed by atoms with Gasteiger partial charge < -0.3 is 0 Å². The van der Waals surface area contributed by atoms with Crippen LogP contribution in [-0.4, -0.2) is 25.8 Å². The van der Waals surface area contributed by atoms with Crippen LogP contribution in [0.3, 0.4) is 0 Å². The third kappa shape index (κ3) is 2.71. The molecule has 0 spiro atoms. The second-order valence-electron chi connectivity index (χ2n) is 5.15. The molecule has 0 saturated carbocycles. The van der Waals surface area contributed by atoms with Crippen LogP contribution in [0.5, 0.6) is 0 Å². The van der Waals surface area contributed by atoms with Crippen molar-refractivity contribution in [3.8, 4) is 0 Å². The van der Waals surface area contributed by atoms with Gasteiger partial charge in [-0.15, -0.1) is 0 Å². The summed E-state index contributed by atoms with van der Waals surface area (Å²) in [6.07, 6.45) is -0.635. The van der Waals surface area contributed by atoms with Crippen LogP contribution < -0.4 is 5.56 Å². The van der Waals surface area contributed by atoms with Gasteiger partial charge in [0.15, 0.2) is 5.65 Å². The van der Waals surface area contributed by atoms with E-state index in [2.05, 4.69) is 10.1 Å². The quantitative estimate of drug-likeness (QED) is 0.844. The van der Waals surface area contributed by atoms with Gasteiger partial charge in [0.05, 0.1) is 6.20 Å². The van der Waals surface area contributed by atoms with Crippen molar-refractivity contribution in [2.45, 2.75) is 46.7 Å². The lowest BCUT2D eigenvalue weighted by atomic mass is 10.2. The fourth-order valence-electron chi connectivity index (χ4n) is 2.18. The molecule has 2 rings (SSSR count).